The van der Waals surface area contributed by atoms with E-state index >= 15 is 0 Å². The van der Waals surface area contributed by atoms with Gasteiger partial charge in [-0.1, -0.05) is 27.5 Å². The van der Waals surface area contributed by atoms with Gasteiger partial charge in [-0.15, -0.1) is 0 Å². The molecule has 102 valence electrons. The Morgan fingerprint density at radius 2 is 2.26 bits per heavy atom. The van der Waals surface area contributed by atoms with E-state index in [1.165, 1.54) is 4.90 Å². The van der Waals surface area contributed by atoms with Crippen LogP contribution in [0.3, 0.4) is 0 Å². The van der Waals surface area contributed by atoms with Crippen molar-refractivity contribution < 1.29 is 19.1 Å². The van der Waals surface area contributed by atoms with Gasteiger partial charge in [0.15, 0.2) is 0 Å². The van der Waals surface area contributed by atoms with Gasteiger partial charge in [0, 0.05) is 18.3 Å². The Morgan fingerprint density at radius 1 is 1.58 bits per heavy atom. The Bertz CT molecular complexity index is 552. The molecule has 1 aliphatic heterocycles. The van der Waals surface area contributed by atoms with Crippen LogP contribution in [0.5, 0.6) is 0 Å². The molecule has 0 aliphatic carbocycles. The molecule has 1 atom stereocenters. The molecule has 1 aromatic carbocycles. The molecular weight excluding hydrogens is 340 g/mol. The van der Waals surface area contributed by atoms with Crippen molar-refractivity contribution in [2.75, 3.05) is 16.8 Å². The molecule has 0 spiro atoms. The number of alkyl halides is 1. The van der Waals surface area contributed by atoms with Crippen LogP contribution in [0.15, 0.2) is 12.1 Å². The summed E-state index contributed by atoms with van der Waals surface area (Å²) in [6, 6.07) is 1.89. The molecule has 19 heavy (non-hydrogen) atoms. The molecule has 0 bridgehead atoms. The number of carbonyl (C=O) groups is 2. The molecule has 2 rings (SSSR count). The number of carbonyl (C=O) groups excluding carboxylic acids is 1. The Hall–Kier alpha value is -1.14. The average Bonchev–Trinajstić information content (AvgIpc) is 2.69. The van der Waals surface area contributed by atoms with Crippen LogP contribution in [0.25, 0.3) is 0 Å². The predicted molar refractivity (Wildman–Crippen MR) is 72.6 cm³/mol. The van der Waals surface area contributed by atoms with Crippen LogP contribution in [0, 0.1) is 11.7 Å². The van der Waals surface area contributed by atoms with Gasteiger partial charge in [-0.25, -0.2) is 9.18 Å². The lowest BCUT2D eigenvalue weighted by atomic mass is 10.1. The van der Waals surface area contributed by atoms with E-state index in [0.717, 1.165) is 12.1 Å². The fourth-order valence-corrected chi connectivity index (χ4v) is 2.85. The van der Waals surface area contributed by atoms with Crippen LogP contribution in [0.4, 0.5) is 10.1 Å². The maximum atomic E-state index is 13.2. The third kappa shape index (κ3) is 2.74. The number of anilines is 1. The lowest BCUT2D eigenvalue weighted by Gasteiger charge is -2.20. The third-order valence-corrected chi connectivity index (χ3v) is 4.16. The molecule has 1 heterocycles. The second-order valence-corrected chi connectivity index (χ2v) is 5.37. The van der Waals surface area contributed by atoms with Crippen LogP contribution in [0.2, 0.25) is 5.02 Å². The van der Waals surface area contributed by atoms with Gasteiger partial charge in [0.1, 0.15) is 5.82 Å². The summed E-state index contributed by atoms with van der Waals surface area (Å²) in [5, 5.41) is 9.68. The molecule has 0 radical (unpaired) electrons. The van der Waals surface area contributed by atoms with E-state index < -0.39 is 11.8 Å². The van der Waals surface area contributed by atoms with Gasteiger partial charge >= 0.3 is 5.97 Å². The second-order valence-electron chi connectivity index (χ2n) is 4.32. The quantitative estimate of drug-likeness (QED) is 0.853. The number of hydrogen-bond donors (Lipinski definition) is 1. The highest BCUT2D eigenvalue weighted by Crippen LogP contribution is 2.35. The van der Waals surface area contributed by atoms with Crippen molar-refractivity contribution in [3.63, 3.8) is 0 Å². The lowest BCUT2D eigenvalue weighted by molar-refractivity contribution is -0.117. The second kappa shape index (κ2) is 5.46. The van der Waals surface area contributed by atoms with Gasteiger partial charge in [0.25, 0.3) is 0 Å². The number of aromatic carboxylic acids is 1. The Labute approximate surface area is 122 Å². The topological polar surface area (TPSA) is 57.6 Å². The van der Waals surface area contributed by atoms with Gasteiger partial charge < -0.3 is 10.0 Å². The molecule has 1 saturated heterocycles. The summed E-state index contributed by atoms with van der Waals surface area (Å²) in [6.45, 7) is 0.371. The summed E-state index contributed by atoms with van der Waals surface area (Å²) in [5.41, 5.74) is -0.224. The van der Waals surface area contributed by atoms with E-state index in [-0.39, 0.29) is 28.1 Å². The molecule has 4 nitrogen and oxygen atoms in total. The number of carboxylic acid groups (broad SMARTS) is 1. The fourth-order valence-electron chi connectivity index (χ4n) is 2.10. The number of hydrogen-bond acceptors (Lipinski definition) is 2. The minimum absolute atomic E-state index is 0.0685. The number of nitrogens with zero attached hydrogens (tertiary/aromatic N) is 1. The van der Waals surface area contributed by atoms with Gasteiger partial charge in [0.05, 0.1) is 16.3 Å². The third-order valence-electron chi connectivity index (χ3n) is 2.95. The van der Waals surface area contributed by atoms with Crippen molar-refractivity contribution in [3.05, 3.63) is 28.5 Å². The standard InChI is InChI=1S/C12H10BrClFNO3/c13-4-6-1-10(17)16(5-6)11-8(12(18)19)2-7(15)3-9(11)14/h2-3,6H,1,4-5H2,(H,18,19). The molecule has 1 aromatic rings. The number of amides is 1. The number of halogens is 3. The highest BCUT2D eigenvalue weighted by molar-refractivity contribution is 9.09. The molecule has 1 N–H and O–H groups in total. The summed E-state index contributed by atoms with van der Waals surface area (Å²) in [5.74, 6) is -2.17. The van der Waals surface area contributed by atoms with Gasteiger partial charge in [-0.2, -0.15) is 0 Å². The maximum absolute atomic E-state index is 13.2. The van der Waals surface area contributed by atoms with Gasteiger partial charge in [-0.05, 0) is 18.1 Å². The minimum Gasteiger partial charge on any atom is -0.478 e. The van der Waals surface area contributed by atoms with Crippen molar-refractivity contribution in [1.29, 1.82) is 0 Å². The fraction of sp³-hybridized carbons (Fsp3) is 0.333. The van der Waals surface area contributed by atoms with Crippen LogP contribution in [-0.4, -0.2) is 28.9 Å². The van der Waals surface area contributed by atoms with Gasteiger partial charge in [-0.3, -0.25) is 4.79 Å². The molecule has 1 amide bonds. The molecule has 0 aromatic heterocycles. The summed E-state index contributed by atoms with van der Waals surface area (Å²) < 4.78 is 13.2. The summed E-state index contributed by atoms with van der Waals surface area (Å²) in [4.78, 5) is 24.4. The van der Waals surface area contributed by atoms with Gasteiger partial charge in [0.2, 0.25) is 5.91 Å². The van der Waals surface area contributed by atoms with E-state index in [1.54, 1.807) is 0 Å². The zero-order valence-electron chi connectivity index (χ0n) is 9.70. The largest absolute Gasteiger partial charge is 0.478 e. The Balaban J connectivity index is 2.50. The smallest absolute Gasteiger partial charge is 0.337 e. The lowest BCUT2D eigenvalue weighted by Crippen LogP contribution is -2.27. The first-order valence-electron chi connectivity index (χ1n) is 5.52. The van der Waals surface area contributed by atoms with E-state index in [9.17, 15) is 14.0 Å². The number of carboxylic acids is 1. The van der Waals surface area contributed by atoms with Crippen LogP contribution in [0.1, 0.15) is 16.8 Å². The minimum atomic E-state index is -1.31. The highest BCUT2D eigenvalue weighted by atomic mass is 79.9. The van der Waals surface area contributed by atoms with Crippen LogP contribution >= 0.6 is 27.5 Å². The molecule has 1 aliphatic rings. The number of rotatable bonds is 3. The Morgan fingerprint density at radius 3 is 2.79 bits per heavy atom. The molecule has 1 unspecified atom stereocenters. The van der Waals surface area contributed by atoms with E-state index in [2.05, 4.69) is 15.9 Å². The normalized spacial score (nSPS) is 19.0. The van der Waals surface area contributed by atoms with E-state index in [0.29, 0.717) is 18.3 Å². The maximum Gasteiger partial charge on any atom is 0.337 e. The summed E-state index contributed by atoms with van der Waals surface area (Å²) in [7, 11) is 0. The average molecular weight is 351 g/mol. The molecule has 1 fully saturated rings. The monoisotopic (exact) mass is 349 g/mol. The zero-order chi connectivity index (χ0) is 14.2. The van der Waals surface area contributed by atoms with Crippen molar-refractivity contribution >= 4 is 45.1 Å². The molecule has 7 heteroatoms. The predicted octanol–water partition coefficient (Wildman–Crippen LogP) is 2.93. The van der Waals surface area contributed by atoms with Crippen LogP contribution < -0.4 is 4.90 Å². The highest BCUT2D eigenvalue weighted by Gasteiger charge is 2.33. The van der Waals surface area contributed by atoms with Crippen LogP contribution in [-0.2, 0) is 4.79 Å². The van der Waals surface area contributed by atoms with Crippen molar-refractivity contribution in [3.8, 4) is 0 Å². The van der Waals surface area contributed by atoms with Crippen molar-refractivity contribution in [2.45, 2.75) is 6.42 Å². The van der Waals surface area contributed by atoms with Crippen molar-refractivity contribution in [2.24, 2.45) is 5.92 Å². The number of benzene rings is 1. The van der Waals surface area contributed by atoms with E-state index in [4.69, 9.17) is 16.7 Å². The van der Waals surface area contributed by atoms with E-state index in [1.807, 2.05) is 0 Å². The molecule has 0 saturated carbocycles. The summed E-state index contributed by atoms with van der Waals surface area (Å²) in [6.07, 6.45) is 0.317. The first-order chi connectivity index (χ1) is 8.93. The molecular formula is C12H10BrClFNO3. The first kappa shape index (κ1) is 14.3. The first-order valence-corrected chi connectivity index (χ1v) is 7.02. The Kier molecular flexibility index (Phi) is 4.10. The zero-order valence-corrected chi connectivity index (χ0v) is 12.0. The summed E-state index contributed by atoms with van der Waals surface area (Å²) >= 11 is 9.20. The SMILES string of the molecule is O=C(O)c1cc(F)cc(Cl)c1N1CC(CBr)CC1=O. The van der Waals surface area contributed by atoms with Crippen molar-refractivity contribution in [1.82, 2.24) is 0 Å².